The van der Waals surface area contributed by atoms with Crippen LogP contribution in [0.2, 0.25) is 0 Å². The average Bonchev–Trinajstić information content (AvgIpc) is 2.47. The Bertz CT molecular complexity index is 339. The summed E-state index contributed by atoms with van der Waals surface area (Å²) in [6.07, 6.45) is 8.92. The summed E-state index contributed by atoms with van der Waals surface area (Å²) in [5, 5.41) is 2.92. The highest BCUT2D eigenvalue weighted by atomic mass is 16.5. The van der Waals surface area contributed by atoms with Gasteiger partial charge in [-0.3, -0.25) is 0 Å². The van der Waals surface area contributed by atoms with Crippen LogP contribution in [0, 0.1) is 0 Å². The van der Waals surface area contributed by atoms with Crippen LogP contribution in [0.25, 0.3) is 0 Å². The first-order chi connectivity index (χ1) is 9.21. The highest BCUT2D eigenvalue weighted by molar-refractivity contribution is 5.28. The predicted molar refractivity (Wildman–Crippen MR) is 79.9 cm³/mol. The van der Waals surface area contributed by atoms with Gasteiger partial charge in [0.2, 0.25) is 0 Å². The second kappa shape index (κ2) is 8.81. The summed E-state index contributed by atoms with van der Waals surface area (Å²) in [5.74, 6) is 1.19. The molecule has 2 rings (SSSR count). The van der Waals surface area contributed by atoms with E-state index < -0.39 is 0 Å². The minimum Gasteiger partial charge on any atom is -0.495 e. The average molecular weight is 265 g/mol. The summed E-state index contributed by atoms with van der Waals surface area (Å²) in [6, 6.07) is 0. The summed E-state index contributed by atoms with van der Waals surface area (Å²) >= 11 is 0. The lowest BCUT2D eigenvalue weighted by atomic mass is 9.97. The highest BCUT2D eigenvalue weighted by Crippen LogP contribution is 2.28. The number of hydrogen-bond donors (Lipinski definition) is 1. The molecule has 1 heterocycles. The van der Waals surface area contributed by atoms with Gasteiger partial charge in [-0.15, -0.1) is 0 Å². The van der Waals surface area contributed by atoms with Gasteiger partial charge in [0, 0.05) is 32.2 Å². The second-order valence-corrected chi connectivity index (χ2v) is 4.69. The lowest BCUT2D eigenvalue weighted by Gasteiger charge is -2.28. The third kappa shape index (κ3) is 5.52. The molecule has 0 saturated heterocycles. The van der Waals surface area contributed by atoms with Crippen LogP contribution in [0.3, 0.4) is 0 Å². The lowest BCUT2D eigenvalue weighted by molar-refractivity contribution is -0.00552. The van der Waals surface area contributed by atoms with Crippen LogP contribution in [-0.4, -0.2) is 26.4 Å². The largest absolute Gasteiger partial charge is 0.495 e. The predicted octanol–water partition coefficient (Wildman–Crippen LogP) is 3.55. The molecule has 0 spiro atoms. The van der Waals surface area contributed by atoms with Gasteiger partial charge < -0.3 is 14.8 Å². The number of nitrogens with one attached hydrogen (secondary N) is 1. The first kappa shape index (κ1) is 15.8. The Kier molecular flexibility index (Phi) is 7.34. The van der Waals surface area contributed by atoms with Crippen LogP contribution in [0.5, 0.6) is 0 Å². The first-order valence-corrected chi connectivity index (χ1v) is 7.19. The molecule has 1 unspecified atom stereocenters. The summed E-state index contributed by atoms with van der Waals surface area (Å²) < 4.78 is 11.2. The maximum absolute atomic E-state index is 5.65. The van der Waals surface area contributed by atoms with E-state index in [9.17, 15) is 0 Å². The van der Waals surface area contributed by atoms with Crippen LogP contribution >= 0.6 is 0 Å². The van der Waals surface area contributed by atoms with Crippen molar-refractivity contribution < 1.29 is 9.47 Å². The number of allylic oxidation sites excluding steroid dienone is 4. The van der Waals surface area contributed by atoms with Gasteiger partial charge in [0.15, 0.2) is 0 Å². The van der Waals surface area contributed by atoms with Gasteiger partial charge in [-0.25, -0.2) is 0 Å². The number of rotatable bonds is 4. The second-order valence-electron chi connectivity index (χ2n) is 4.69. The fourth-order valence-electron chi connectivity index (χ4n) is 2.06. The normalized spacial score (nSPS) is 20.9. The van der Waals surface area contributed by atoms with Crippen LogP contribution < -0.4 is 5.32 Å². The minimum atomic E-state index is 0.270. The zero-order chi connectivity index (χ0) is 14.1. The Morgan fingerprint density at radius 2 is 2.32 bits per heavy atom. The van der Waals surface area contributed by atoms with Gasteiger partial charge in [0.05, 0.1) is 11.9 Å². The van der Waals surface area contributed by atoms with Gasteiger partial charge in [-0.05, 0) is 25.3 Å². The smallest absolute Gasteiger partial charge is 0.114 e. The number of ether oxygens (including phenoxy) is 2. The molecule has 0 aromatic rings. The molecular weight excluding hydrogens is 238 g/mol. The standard InChI is InChI=1S/C11H16O2.C5H11N/c1-2-12-10-7-9-5-3-4-6-11(9)13-8-10;1-4-5(2)6-3/h3,5,10H,2,4,6-8H2,1H3;6H,2,4H2,1,3H3. The molecule has 0 aromatic heterocycles. The Balaban J connectivity index is 0.000000258. The van der Waals surface area contributed by atoms with Crippen LogP contribution in [0.1, 0.15) is 39.5 Å². The summed E-state index contributed by atoms with van der Waals surface area (Å²) in [6.45, 7) is 9.29. The number of hydrogen-bond acceptors (Lipinski definition) is 3. The van der Waals surface area contributed by atoms with E-state index >= 15 is 0 Å². The summed E-state index contributed by atoms with van der Waals surface area (Å²) in [5.41, 5.74) is 2.44. The van der Waals surface area contributed by atoms with Crippen molar-refractivity contribution in [3.05, 3.63) is 35.8 Å². The van der Waals surface area contributed by atoms with Gasteiger partial charge in [-0.2, -0.15) is 0 Å². The lowest BCUT2D eigenvalue weighted by Crippen LogP contribution is -2.25. The molecular formula is C16H27NO2. The minimum absolute atomic E-state index is 0.270. The van der Waals surface area contributed by atoms with Crippen molar-refractivity contribution in [1.82, 2.24) is 5.32 Å². The molecule has 108 valence electrons. The van der Waals surface area contributed by atoms with Crippen molar-refractivity contribution in [2.24, 2.45) is 0 Å². The van der Waals surface area contributed by atoms with Gasteiger partial charge >= 0.3 is 0 Å². The van der Waals surface area contributed by atoms with E-state index in [0.29, 0.717) is 0 Å². The van der Waals surface area contributed by atoms with E-state index in [1.54, 1.807) is 0 Å². The highest BCUT2D eigenvalue weighted by Gasteiger charge is 2.21. The van der Waals surface area contributed by atoms with E-state index in [1.165, 1.54) is 11.3 Å². The molecule has 0 saturated carbocycles. The van der Waals surface area contributed by atoms with Gasteiger partial charge in [-0.1, -0.05) is 25.7 Å². The molecule has 1 aliphatic heterocycles. The van der Waals surface area contributed by atoms with E-state index in [-0.39, 0.29) is 6.10 Å². The maximum atomic E-state index is 5.65. The fourth-order valence-corrected chi connectivity index (χ4v) is 2.06. The van der Waals surface area contributed by atoms with Crippen molar-refractivity contribution in [3.63, 3.8) is 0 Å². The van der Waals surface area contributed by atoms with E-state index in [2.05, 4.69) is 31.0 Å². The maximum Gasteiger partial charge on any atom is 0.114 e. The molecule has 0 aromatic carbocycles. The Morgan fingerprint density at radius 3 is 2.89 bits per heavy atom. The zero-order valence-electron chi connectivity index (χ0n) is 12.5. The molecule has 1 aliphatic carbocycles. The van der Waals surface area contributed by atoms with Crippen LogP contribution in [0.4, 0.5) is 0 Å². The Labute approximate surface area is 117 Å². The van der Waals surface area contributed by atoms with Crippen LogP contribution in [0.15, 0.2) is 35.8 Å². The molecule has 0 bridgehead atoms. The van der Waals surface area contributed by atoms with Crippen molar-refractivity contribution in [2.75, 3.05) is 20.3 Å². The van der Waals surface area contributed by atoms with E-state index in [1.807, 2.05) is 14.0 Å². The van der Waals surface area contributed by atoms with Crippen molar-refractivity contribution >= 4 is 0 Å². The van der Waals surface area contributed by atoms with Gasteiger partial charge in [0.25, 0.3) is 0 Å². The molecule has 1 N–H and O–H groups in total. The quantitative estimate of drug-likeness (QED) is 0.843. The summed E-state index contributed by atoms with van der Waals surface area (Å²) in [4.78, 5) is 0. The monoisotopic (exact) mass is 265 g/mol. The van der Waals surface area contributed by atoms with Crippen LogP contribution in [-0.2, 0) is 9.47 Å². The molecule has 3 heteroatoms. The molecule has 3 nitrogen and oxygen atoms in total. The fraction of sp³-hybridized carbons (Fsp3) is 0.625. The molecule has 2 aliphatic rings. The van der Waals surface area contributed by atoms with Crippen molar-refractivity contribution in [2.45, 2.75) is 45.6 Å². The Hall–Kier alpha value is -1.22. The first-order valence-electron chi connectivity index (χ1n) is 7.19. The van der Waals surface area contributed by atoms with E-state index in [4.69, 9.17) is 9.47 Å². The Morgan fingerprint density at radius 1 is 1.53 bits per heavy atom. The van der Waals surface area contributed by atoms with Crippen molar-refractivity contribution in [1.29, 1.82) is 0 Å². The zero-order valence-corrected chi connectivity index (χ0v) is 12.5. The molecule has 0 radical (unpaired) electrons. The molecule has 0 fully saturated rings. The topological polar surface area (TPSA) is 30.5 Å². The summed E-state index contributed by atoms with van der Waals surface area (Å²) in [7, 11) is 1.88. The molecule has 1 atom stereocenters. The molecule has 0 amide bonds. The van der Waals surface area contributed by atoms with Gasteiger partial charge in [0.1, 0.15) is 6.61 Å². The van der Waals surface area contributed by atoms with Crippen molar-refractivity contribution in [3.8, 4) is 0 Å². The third-order valence-corrected chi connectivity index (χ3v) is 3.29. The van der Waals surface area contributed by atoms with E-state index in [0.717, 1.165) is 44.6 Å². The molecule has 19 heavy (non-hydrogen) atoms. The SMILES string of the molecule is C=C(CC)NC.CCOC1COC2=C(C=CCC2)C1. The third-order valence-electron chi connectivity index (χ3n) is 3.29.